The van der Waals surface area contributed by atoms with Crippen molar-refractivity contribution in [3.63, 3.8) is 0 Å². The van der Waals surface area contributed by atoms with Crippen LogP contribution in [0.4, 0.5) is 0 Å². The van der Waals surface area contributed by atoms with E-state index in [1.54, 1.807) is 7.11 Å². The van der Waals surface area contributed by atoms with Gasteiger partial charge in [-0.1, -0.05) is 35.9 Å². The van der Waals surface area contributed by atoms with Gasteiger partial charge in [-0.05, 0) is 29.3 Å². The predicted molar refractivity (Wildman–Crippen MR) is 85.5 cm³/mol. The minimum Gasteiger partial charge on any atom is -0.496 e. The average molecular weight is 303 g/mol. The quantitative estimate of drug-likeness (QED) is 0.941. The Kier molecular flexibility index (Phi) is 4.15. The highest BCUT2D eigenvalue weighted by Gasteiger charge is 2.29. The van der Waals surface area contributed by atoms with E-state index in [0.717, 1.165) is 23.9 Å². The summed E-state index contributed by atoms with van der Waals surface area (Å²) in [6.07, 6.45) is 0. The summed E-state index contributed by atoms with van der Waals surface area (Å²) in [6, 6.07) is 14.4. The van der Waals surface area contributed by atoms with Crippen molar-refractivity contribution in [3.05, 3.63) is 64.2 Å². The van der Waals surface area contributed by atoms with Crippen LogP contribution >= 0.6 is 11.6 Å². The number of fused-ring (bicyclic) bond motifs is 1. The number of ether oxygens (including phenoxy) is 1. The van der Waals surface area contributed by atoms with E-state index in [2.05, 4.69) is 17.0 Å². The first kappa shape index (κ1) is 14.4. The first-order chi connectivity index (χ1) is 10.2. The van der Waals surface area contributed by atoms with Crippen LogP contribution in [0.25, 0.3) is 0 Å². The third-order valence-electron chi connectivity index (χ3n) is 4.07. The molecule has 1 aliphatic rings. The Morgan fingerprint density at radius 3 is 2.86 bits per heavy atom. The Morgan fingerprint density at radius 1 is 1.29 bits per heavy atom. The van der Waals surface area contributed by atoms with Crippen molar-refractivity contribution in [1.29, 1.82) is 0 Å². The zero-order valence-electron chi connectivity index (χ0n) is 12.1. The van der Waals surface area contributed by atoms with Crippen molar-refractivity contribution in [2.24, 2.45) is 5.73 Å². The molecule has 3 nitrogen and oxygen atoms in total. The number of hydrogen-bond acceptors (Lipinski definition) is 3. The summed E-state index contributed by atoms with van der Waals surface area (Å²) in [7, 11) is 1.71. The molecule has 1 heterocycles. The highest BCUT2D eigenvalue weighted by atomic mass is 35.5. The number of nitrogens with two attached hydrogens (primary N) is 1. The molecule has 4 heteroatoms. The number of nitrogens with zero attached hydrogens (tertiary/aromatic N) is 1. The molecule has 110 valence electrons. The molecule has 0 radical (unpaired) electrons. The van der Waals surface area contributed by atoms with Gasteiger partial charge in [0, 0.05) is 36.3 Å². The fourth-order valence-corrected chi connectivity index (χ4v) is 3.22. The van der Waals surface area contributed by atoms with Gasteiger partial charge in [-0.15, -0.1) is 0 Å². The molecule has 0 aliphatic carbocycles. The van der Waals surface area contributed by atoms with Crippen LogP contribution in [0.5, 0.6) is 5.75 Å². The van der Waals surface area contributed by atoms with Crippen LogP contribution in [0.15, 0.2) is 42.5 Å². The van der Waals surface area contributed by atoms with Crippen molar-refractivity contribution in [1.82, 2.24) is 4.90 Å². The molecule has 0 aromatic heterocycles. The summed E-state index contributed by atoms with van der Waals surface area (Å²) in [5.41, 5.74) is 9.74. The molecular formula is C17H19ClN2O. The highest BCUT2D eigenvalue weighted by molar-refractivity contribution is 6.30. The summed E-state index contributed by atoms with van der Waals surface area (Å²) in [4.78, 5) is 2.37. The van der Waals surface area contributed by atoms with E-state index in [9.17, 15) is 0 Å². The normalized spacial score (nSPS) is 17.8. The topological polar surface area (TPSA) is 38.5 Å². The molecule has 2 aromatic rings. The maximum Gasteiger partial charge on any atom is 0.123 e. The zero-order valence-corrected chi connectivity index (χ0v) is 12.8. The Hall–Kier alpha value is -1.55. The minimum absolute atomic E-state index is 0.212. The van der Waals surface area contributed by atoms with E-state index < -0.39 is 0 Å². The van der Waals surface area contributed by atoms with Crippen LogP contribution in [0.1, 0.15) is 22.7 Å². The molecule has 2 N–H and O–H groups in total. The van der Waals surface area contributed by atoms with Gasteiger partial charge >= 0.3 is 0 Å². The number of benzene rings is 2. The van der Waals surface area contributed by atoms with Gasteiger partial charge in [-0.2, -0.15) is 0 Å². The molecule has 1 aliphatic heterocycles. The van der Waals surface area contributed by atoms with Crippen molar-refractivity contribution >= 4 is 11.6 Å². The molecule has 21 heavy (non-hydrogen) atoms. The SMILES string of the molecule is COc1ccccc1CN1Cc2ccc(Cl)cc2C1CN. The van der Waals surface area contributed by atoms with Gasteiger partial charge in [0.05, 0.1) is 7.11 Å². The number of rotatable bonds is 4. The first-order valence-corrected chi connectivity index (χ1v) is 7.45. The molecule has 0 saturated heterocycles. The zero-order chi connectivity index (χ0) is 14.8. The molecule has 0 spiro atoms. The molecule has 0 saturated carbocycles. The largest absolute Gasteiger partial charge is 0.496 e. The molecule has 0 bridgehead atoms. The second-order valence-corrected chi connectivity index (χ2v) is 5.75. The summed E-state index contributed by atoms with van der Waals surface area (Å²) < 4.78 is 5.44. The second kappa shape index (κ2) is 6.06. The number of para-hydroxylation sites is 1. The maximum absolute atomic E-state index is 6.12. The predicted octanol–water partition coefficient (Wildman–Crippen LogP) is 3.36. The lowest BCUT2D eigenvalue weighted by Crippen LogP contribution is -2.27. The number of hydrogen-bond donors (Lipinski definition) is 1. The Morgan fingerprint density at radius 2 is 2.10 bits per heavy atom. The lowest BCUT2D eigenvalue weighted by atomic mass is 10.0. The third kappa shape index (κ3) is 2.77. The lowest BCUT2D eigenvalue weighted by Gasteiger charge is -2.24. The van der Waals surface area contributed by atoms with Gasteiger partial charge in [-0.25, -0.2) is 0 Å². The Labute approximate surface area is 130 Å². The number of halogens is 1. The second-order valence-electron chi connectivity index (χ2n) is 5.31. The number of methoxy groups -OCH3 is 1. The van der Waals surface area contributed by atoms with E-state index in [1.807, 2.05) is 30.3 Å². The summed E-state index contributed by atoms with van der Waals surface area (Å²) in [5, 5.41) is 0.770. The highest BCUT2D eigenvalue weighted by Crippen LogP contribution is 2.36. The molecule has 0 amide bonds. The minimum atomic E-state index is 0.212. The smallest absolute Gasteiger partial charge is 0.123 e. The van der Waals surface area contributed by atoms with E-state index in [1.165, 1.54) is 16.7 Å². The molecule has 3 rings (SSSR count). The molecule has 0 fully saturated rings. The van der Waals surface area contributed by atoms with Crippen LogP contribution in [0.3, 0.4) is 0 Å². The summed E-state index contributed by atoms with van der Waals surface area (Å²) in [5.74, 6) is 0.919. The average Bonchev–Trinajstić information content (AvgIpc) is 2.84. The summed E-state index contributed by atoms with van der Waals surface area (Å²) in [6.45, 7) is 2.30. The molecule has 2 aromatic carbocycles. The fraction of sp³-hybridized carbons (Fsp3) is 0.294. The van der Waals surface area contributed by atoms with Crippen LogP contribution in [0.2, 0.25) is 5.02 Å². The molecular weight excluding hydrogens is 284 g/mol. The monoisotopic (exact) mass is 302 g/mol. The van der Waals surface area contributed by atoms with Gasteiger partial charge in [0.2, 0.25) is 0 Å². The summed E-state index contributed by atoms with van der Waals surface area (Å²) >= 11 is 6.12. The van der Waals surface area contributed by atoms with Crippen LogP contribution in [-0.4, -0.2) is 18.6 Å². The lowest BCUT2D eigenvalue weighted by molar-refractivity contribution is 0.208. The maximum atomic E-state index is 6.12. The molecule has 1 atom stereocenters. The van der Waals surface area contributed by atoms with E-state index in [-0.39, 0.29) is 6.04 Å². The molecule has 1 unspecified atom stereocenters. The Balaban J connectivity index is 1.87. The van der Waals surface area contributed by atoms with Crippen LogP contribution in [-0.2, 0) is 13.1 Å². The van der Waals surface area contributed by atoms with E-state index in [0.29, 0.717) is 6.54 Å². The van der Waals surface area contributed by atoms with Crippen LogP contribution < -0.4 is 10.5 Å². The van der Waals surface area contributed by atoms with Crippen molar-refractivity contribution in [2.45, 2.75) is 19.1 Å². The first-order valence-electron chi connectivity index (χ1n) is 7.07. The van der Waals surface area contributed by atoms with Crippen molar-refractivity contribution in [3.8, 4) is 5.75 Å². The van der Waals surface area contributed by atoms with Gasteiger partial charge in [0.15, 0.2) is 0 Å². The van der Waals surface area contributed by atoms with E-state index >= 15 is 0 Å². The van der Waals surface area contributed by atoms with Crippen LogP contribution in [0, 0.1) is 0 Å². The van der Waals surface area contributed by atoms with Gasteiger partial charge in [0.25, 0.3) is 0 Å². The van der Waals surface area contributed by atoms with Gasteiger partial charge < -0.3 is 10.5 Å². The van der Waals surface area contributed by atoms with Crippen molar-refractivity contribution < 1.29 is 4.74 Å². The van der Waals surface area contributed by atoms with Crippen molar-refractivity contribution in [2.75, 3.05) is 13.7 Å². The Bertz CT molecular complexity index is 644. The fourth-order valence-electron chi connectivity index (χ4n) is 3.04. The van der Waals surface area contributed by atoms with E-state index in [4.69, 9.17) is 22.1 Å². The third-order valence-corrected chi connectivity index (χ3v) is 4.31. The van der Waals surface area contributed by atoms with Gasteiger partial charge in [0.1, 0.15) is 5.75 Å². The van der Waals surface area contributed by atoms with Gasteiger partial charge in [-0.3, -0.25) is 4.90 Å². The standard InChI is InChI=1S/C17H19ClN2O/c1-21-17-5-3-2-4-13(17)11-20-10-12-6-7-14(18)8-15(12)16(20)9-19/h2-8,16H,9-11,19H2,1H3.